The van der Waals surface area contributed by atoms with Gasteiger partial charge in [0.15, 0.2) is 0 Å². The zero-order valence-corrected chi connectivity index (χ0v) is 18.7. The molecule has 1 aliphatic heterocycles. The van der Waals surface area contributed by atoms with Crippen molar-refractivity contribution in [2.45, 2.75) is 25.4 Å². The van der Waals surface area contributed by atoms with E-state index < -0.39 is 0 Å². The Kier molecular flexibility index (Phi) is 5.63. The molecule has 8 heteroatoms. The molecule has 0 aliphatic carbocycles. The highest BCUT2D eigenvalue weighted by Gasteiger charge is 2.30. The van der Waals surface area contributed by atoms with Crippen molar-refractivity contribution < 1.29 is 9.53 Å². The number of methoxy groups -OCH3 is 1. The maximum Gasteiger partial charge on any atom is 0.259 e. The summed E-state index contributed by atoms with van der Waals surface area (Å²) >= 11 is 1.41. The lowest BCUT2D eigenvalue weighted by Crippen LogP contribution is -2.20. The van der Waals surface area contributed by atoms with Crippen molar-refractivity contribution in [1.82, 2.24) is 19.7 Å². The Morgan fingerprint density at radius 2 is 2.16 bits per heavy atom. The van der Waals surface area contributed by atoms with E-state index in [1.165, 1.54) is 16.9 Å². The fourth-order valence-electron chi connectivity index (χ4n) is 4.63. The first kappa shape index (κ1) is 20.7. The number of nitrogens with zero attached hydrogens (tertiary/aromatic N) is 4. The number of likely N-dealkylation sites (tertiary alicyclic amines) is 1. The zero-order valence-electron chi connectivity index (χ0n) is 17.9. The second-order valence-corrected chi connectivity index (χ2v) is 9.13. The highest BCUT2D eigenvalue weighted by molar-refractivity contribution is 7.20. The molecule has 1 aliphatic rings. The summed E-state index contributed by atoms with van der Waals surface area (Å²) in [4.78, 5) is 20.5. The van der Waals surface area contributed by atoms with Gasteiger partial charge in [-0.05, 0) is 48.4 Å². The number of benzene rings is 1. The van der Waals surface area contributed by atoms with Crippen LogP contribution in [0.2, 0.25) is 0 Å². The third-order valence-electron chi connectivity index (χ3n) is 6.05. The smallest absolute Gasteiger partial charge is 0.259 e. The number of pyridine rings is 1. The molecule has 1 saturated heterocycles. The lowest BCUT2D eigenvalue weighted by molar-refractivity contribution is 0.100. The summed E-state index contributed by atoms with van der Waals surface area (Å²) in [5.74, 6) is 0.781. The number of amides is 1. The van der Waals surface area contributed by atoms with E-state index >= 15 is 0 Å². The van der Waals surface area contributed by atoms with Gasteiger partial charge in [-0.25, -0.2) is 4.98 Å². The van der Waals surface area contributed by atoms with Crippen LogP contribution in [-0.4, -0.2) is 45.8 Å². The van der Waals surface area contributed by atoms with E-state index in [-0.39, 0.29) is 11.8 Å². The number of rotatable bonds is 7. The standard InChI is InChI=1S/C24H25N5O2S/c1-31-20-6-5-16(12-18(20)15-29-10-3-9-27-29)13-28-11-7-17(14-28)21-19-4-2-8-26-24(19)32-22(21)23(25)30/h2-6,8-10,12,17H,7,11,13-15H2,1H3,(H2,25,30)/t17-/m1/s1. The lowest BCUT2D eigenvalue weighted by Gasteiger charge is -2.18. The van der Waals surface area contributed by atoms with Crippen LogP contribution in [0.4, 0.5) is 0 Å². The van der Waals surface area contributed by atoms with Crippen molar-refractivity contribution in [3.05, 3.63) is 76.6 Å². The van der Waals surface area contributed by atoms with E-state index in [0.29, 0.717) is 11.4 Å². The lowest BCUT2D eigenvalue weighted by atomic mass is 9.95. The van der Waals surface area contributed by atoms with Crippen LogP contribution in [0.5, 0.6) is 5.75 Å². The van der Waals surface area contributed by atoms with E-state index in [2.05, 4.69) is 27.1 Å². The summed E-state index contributed by atoms with van der Waals surface area (Å²) in [5, 5.41) is 5.37. The first-order valence-electron chi connectivity index (χ1n) is 10.6. The number of carbonyl (C=O) groups excluding carboxylic acids is 1. The van der Waals surface area contributed by atoms with Gasteiger partial charge in [0.2, 0.25) is 0 Å². The van der Waals surface area contributed by atoms with Gasteiger partial charge >= 0.3 is 0 Å². The molecular weight excluding hydrogens is 422 g/mol. The summed E-state index contributed by atoms with van der Waals surface area (Å²) < 4.78 is 7.46. The van der Waals surface area contributed by atoms with Gasteiger partial charge in [0.25, 0.3) is 5.91 Å². The van der Waals surface area contributed by atoms with Gasteiger partial charge in [-0.1, -0.05) is 12.1 Å². The maximum absolute atomic E-state index is 12.1. The number of hydrogen-bond acceptors (Lipinski definition) is 6. The fraction of sp³-hybridized carbons (Fsp3) is 0.292. The van der Waals surface area contributed by atoms with Gasteiger partial charge in [0, 0.05) is 48.5 Å². The van der Waals surface area contributed by atoms with Gasteiger partial charge in [0.1, 0.15) is 10.6 Å². The van der Waals surface area contributed by atoms with E-state index in [1.54, 1.807) is 19.5 Å². The largest absolute Gasteiger partial charge is 0.496 e. The molecule has 0 bridgehead atoms. The highest BCUT2D eigenvalue weighted by Crippen LogP contribution is 2.39. The molecule has 1 atom stereocenters. The van der Waals surface area contributed by atoms with Crippen molar-refractivity contribution in [3.63, 3.8) is 0 Å². The van der Waals surface area contributed by atoms with Crippen LogP contribution in [0.1, 0.15) is 38.7 Å². The molecular formula is C24H25N5O2S. The summed E-state index contributed by atoms with van der Waals surface area (Å²) in [6.07, 6.45) is 6.49. The quantitative estimate of drug-likeness (QED) is 0.467. The molecule has 4 aromatic rings. The molecule has 3 aromatic heterocycles. The Bertz CT molecular complexity index is 1250. The Balaban J connectivity index is 1.35. The summed E-state index contributed by atoms with van der Waals surface area (Å²) in [6, 6.07) is 12.3. The molecule has 4 heterocycles. The minimum atomic E-state index is -0.361. The molecule has 32 heavy (non-hydrogen) atoms. The third-order valence-corrected chi connectivity index (χ3v) is 7.20. The molecule has 2 N–H and O–H groups in total. The predicted molar refractivity (Wildman–Crippen MR) is 125 cm³/mol. The number of aromatic nitrogens is 3. The molecule has 0 spiro atoms. The zero-order chi connectivity index (χ0) is 22.1. The first-order valence-corrected chi connectivity index (χ1v) is 11.5. The minimum Gasteiger partial charge on any atom is -0.496 e. The van der Waals surface area contributed by atoms with Gasteiger partial charge in [-0.15, -0.1) is 11.3 Å². The van der Waals surface area contributed by atoms with Crippen molar-refractivity contribution >= 4 is 27.5 Å². The van der Waals surface area contributed by atoms with Gasteiger partial charge in [-0.3, -0.25) is 14.4 Å². The third kappa shape index (κ3) is 3.99. The van der Waals surface area contributed by atoms with Crippen LogP contribution < -0.4 is 10.5 Å². The van der Waals surface area contributed by atoms with E-state index in [0.717, 1.165) is 53.1 Å². The summed E-state index contributed by atoms with van der Waals surface area (Å²) in [7, 11) is 1.70. The average molecular weight is 448 g/mol. The average Bonchev–Trinajstić information content (AvgIpc) is 3.53. The number of primary amides is 1. The van der Waals surface area contributed by atoms with Crippen LogP contribution in [0.25, 0.3) is 10.2 Å². The maximum atomic E-state index is 12.1. The van der Waals surface area contributed by atoms with Crippen LogP contribution >= 0.6 is 11.3 Å². The Morgan fingerprint density at radius 1 is 1.25 bits per heavy atom. The minimum absolute atomic E-state index is 0.275. The van der Waals surface area contributed by atoms with Crippen molar-refractivity contribution in [2.24, 2.45) is 5.73 Å². The number of carbonyl (C=O) groups is 1. The number of thiophene rings is 1. The van der Waals surface area contributed by atoms with Crippen LogP contribution in [0.15, 0.2) is 55.0 Å². The summed E-state index contributed by atoms with van der Waals surface area (Å²) in [6.45, 7) is 3.38. The molecule has 1 amide bonds. The number of hydrogen-bond donors (Lipinski definition) is 1. The second kappa shape index (κ2) is 8.72. The molecule has 5 rings (SSSR count). The van der Waals surface area contributed by atoms with Crippen LogP contribution in [0, 0.1) is 0 Å². The monoisotopic (exact) mass is 447 g/mol. The van der Waals surface area contributed by atoms with Gasteiger partial charge < -0.3 is 10.5 Å². The van der Waals surface area contributed by atoms with Crippen molar-refractivity contribution in [3.8, 4) is 5.75 Å². The van der Waals surface area contributed by atoms with Crippen LogP contribution in [-0.2, 0) is 13.1 Å². The Labute approximate surface area is 190 Å². The van der Waals surface area contributed by atoms with E-state index in [9.17, 15) is 4.79 Å². The van der Waals surface area contributed by atoms with Crippen LogP contribution in [0.3, 0.4) is 0 Å². The number of fused-ring (bicyclic) bond motifs is 1. The Hall–Kier alpha value is -3.23. The van der Waals surface area contributed by atoms with E-state index in [1.807, 2.05) is 35.1 Å². The van der Waals surface area contributed by atoms with Crippen molar-refractivity contribution in [2.75, 3.05) is 20.2 Å². The molecule has 0 saturated carbocycles. The van der Waals surface area contributed by atoms with Gasteiger partial charge in [0.05, 0.1) is 18.5 Å². The normalized spacial score (nSPS) is 16.6. The molecule has 7 nitrogen and oxygen atoms in total. The number of nitrogens with two attached hydrogens (primary N) is 1. The topological polar surface area (TPSA) is 86.3 Å². The molecule has 1 aromatic carbocycles. The summed E-state index contributed by atoms with van der Waals surface area (Å²) in [5.41, 5.74) is 9.13. The predicted octanol–water partition coefficient (Wildman–Crippen LogP) is 3.64. The molecule has 0 radical (unpaired) electrons. The SMILES string of the molecule is COc1ccc(CN2CC[C@@H](c3c(C(N)=O)sc4ncccc34)C2)cc1Cn1cccn1. The second-order valence-electron chi connectivity index (χ2n) is 8.14. The Morgan fingerprint density at radius 3 is 2.94 bits per heavy atom. The highest BCUT2D eigenvalue weighted by atomic mass is 32.1. The first-order chi connectivity index (χ1) is 15.6. The molecule has 0 unspecified atom stereocenters. The van der Waals surface area contributed by atoms with Crippen molar-refractivity contribution in [1.29, 1.82) is 0 Å². The van der Waals surface area contributed by atoms with E-state index in [4.69, 9.17) is 10.5 Å². The fourth-order valence-corrected chi connectivity index (χ4v) is 5.71. The molecule has 164 valence electrons. The van der Waals surface area contributed by atoms with Gasteiger partial charge in [-0.2, -0.15) is 5.10 Å². The number of ether oxygens (including phenoxy) is 1. The molecule has 1 fully saturated rings.